The number of hydrogen-bond donors (Lipinski definition) is 2. The SMILES string of the molecule is COCCOC(=O)N(C)CCN(CC(=O)NO)S(=O)(=O)c1ccc(Oc2ccc3c(c2)CCCC3)nc1. The van der Waals surface area contributed by atoms with Crippen LogP contribution in [0, 0.1) is 0 Å². The van der Waals surface area contributed by atoms with Gasteiger partial charge in [-0.25, -0.2) is 23.7 Å². The third kappa shape index (κ3) is 7.86. The zero-order valence-electron chi connectivity index (χ0n) is 20.9. The molecule has 13 heteroatoms. The quantitative estimate of drug-likeness (QED) is 0.236. The first-order valence-electron chi connectivity index (χ1n) is 11.8. The van der Waals surface area contributed by atoms with E-state index in [4.69, 9.17) is 19.4 Å². The van der Waals surface area contributed by atoms with Gasteiger partial charge >= 0.3 is 6.09 Å². The molecule has 0 saturated heterocycles. The van der Waals surface area contributed by atoms with Gasteiger partial charge in [0.15, 0.2) is 0 Å². The zero-order chi connectivity index (χ0) is 26.8. The second-order valence-electron chi connectivity index (χ2n) is 8.47. The van der Waals surface area contributed by atoms with E-state index in [-0.39, 0.29) is 37.1 Å². The predicted octanol–water partition coefficient (Wildman–Crippen LogP) is 1.96. The van der Waals surface area contributed by atoms with Crippen LogP contribution in [0.3, 0.4) is 0 Å². The van der Waals surface area contributed by atoms with Crippen LogP contribution in [0.15, 0.2) is 41.4 Å². The molecule has 0 spiro atoms. The number of rotatable bonds is 12. The lowest BCUT2D eigenvalue weighted by molar-refractivity contribution is -0.129. The fraction of sp³-hybridized carbons (Fsp3) is 0.458. The third-order valence-electron chi connectivity index (χ3n) is 5.84. The molecule has 2 aromatic rings. The van der Waals surface area contributed by atoms with E-state index < -0.39 is 28.6 Å². The van der Waals surface area contributed by atoms with Gasteiger partial charge in [-0.3, -0.25) is 10.0 Å². The van der Waals surface area contributed by atoms with Crippen LogP contribution in [0.2, 0.25) is 0 Å². The average molecular weight is 537 g/mol. The molecule has 0 atom stereocenters. The number of likely N-dealkylation sites (N-methyl/N-ethyl adjacent to an activating group) is 1. The first-order valence-corrected chi connectivity index (χ1v) is 13.2. The maximum Gasteiger partial charge on any atom is 0.409 e. The molecule has 2 N–H and O–H groups in total. The van der Waals surface area contributed by atoms with E-state index in [9.17, 15) is 18.0 Å². The highest BCUT2D eigenvalue weighted by atomic mass is 32.2. The van der Waals surface area contributed by atoms with Gasteiger partial charge in [-0.05, 0) is 55.0 Å². The Morgan fingerprint density at radius 3 is 2.51 bits per heavy atom. The predicted molar refractivity (Wildman–Crippen MR) is 132 cm³/mol. The largest absolute Gasteiger partial charge is 0.447 e. The number of ether oxygens (including phenoxy) is 3. The molecule has 1 aromatic carbocycles. The Balaban J connectivity index is 1.69. The Labute approximate surface area is 216 Å². The standard InChI is InChI=1S/C24H32N4O8S/c1-27(24(30)35-14-13-34-2)11-12-28(17-22(29)26-31)37(32,33)21-9-10-23(25-16-21)36-20-8-7-18-5-3-4-6-19(18)15-20/h7-10,15-16,31H,3-6,11-14,17H2,1-2H3,(H,26,29). The van der Waals surface area contributed by atoms with Gasteiger partial charge in [-0.1, -0.05) is 6.07 Å². The second kappa shape index (κ2) is 13.3. The Kier molecular flexibility index (Phi) is 10.2. The molecule has 1 aromatic heterocycles. The summed E-state index contributed by atoms with van der Waals surface area (Å²) in [7, 11) is -1.31. The Hall–Kier alpha value is -3.26. The molecule has 12 nitrogen and oxygen atoms in total. The van der Waals surface area contributed by atoms with E-state index >= 15 is 0 Å². The number of hydroxylamine groups is 1. The van der Waals surface area contributed by atoms with Crippen molar-refractivity contribution >= 4 is 22.0 Å². The summed E-state index contributed by atoms with van der Waals surface area (Å²) in [5.74, 6) is -0.104. The van der Waals surface area contributed by atoms with Gasteiger partial charge in [-0.15, -0.1) is 0 Å². The molecule has 1 aliphatic carbocycles. The molecule has 1 aliphatic rings. The molecule has 0 radical (unpaired) electrons. The first-order chi connectivity index (χ1) is 17.7. The highest BCUT2D eigenvalue weighted by Gasteiger charge is 2.28. The summed E-state index contributed by atoms with van der Waals surface area (Å²) in [5, 5.41) is 8.91. The number of nitrogens with zero attached hydrogens (tertiary/aromatic N) is 3. The van der Waals surface area contributed by atoms with Crippen molar-refractivity contribution in [1.29, 1.82) is 0 Å². The lowest BCUT2D eigenvalue weighted by atomic mass is 9.92. The summed E-state index contributed by atoms with van der Waals surface area (Å²) in [6.07, 6.45) is 4.82. The summed E-state index contributed by atoms with van der Waals surface area (Å²) in [6.45, 7) is -0.718. The number of methoxy groups -OCH3 is 1. The van der Waals surface area contributed by atoms with Crippen LogP contribution in [0.1, 0.15) is 24.0 Å². The number of carbonyl (C=O) groups is 2. The number of carbonyl (C=O) groups excluding carboxylic acids is 2. The van der Waals surface area contributed by atoms with Crippen LogP contribution in [0.4, 0.5) is 4.79 Å². The molecule has 0 unspecified atom stereocenters. The van der Waals surface area contributed by atoms with E-state index in [1.165, 1.54) is 54.2 Å². The number of fused-ring (bicyclic) bond motifs is 1. The highest BCUT2D eigenvalue weighted by molar-refractivity contribution is 7.89. The summed E-state index contributed by atoms with van der Waals surface area (Å²) in [6, 6.07) is 8.63. The van der Waals surface area contributed by atoms with Gasteiger partial charge in [0.05, 0.1) is 19.3 Å². The molecular formula is C24H32N4O8S. The minimum atomic E-state index is -4.21. The van der Waals surface area contributed by atoms with Crippen LogP contribution >= 0.6 is 0 Å². The van der Waals surface area contributed by atoms with Crippen molar-refractivity contribution in [3.63, 3.8) is 0 Å². The van der Waals surface area contributed by atoms with E-state index in [1.54, 1.807) is 0 Å². The molecule has 0 saturated carbocycles. The van der Waals surface area contributed by atoms with Crippen LogP contribution in [0.25, 0.3) is 0 Å². The van der Waals surface area contributed by atoms with Crippen LogP contribution < -0.4 is 10.2 Å². The molecule has 3 rings (SSSR count). The summed E-state index contributed by atoms with van der Waals surface area (Å²) < 4.78 is 42.9. The van der Waals surface area contributed by atoms with Crippen molar-refractivity contribution in [2.45, 2.75) is 30.6 Å². The molecule has 2 amide bonds. The normalized spacial score (nSPS) is 13.1. The first kappa shape index (κ1) is 28.3. The smallest absolute Gasteiger partial charge is 0.409 e. The number of pyridine rings is 1. The lowest BCUT2D eigenvalue weighted by Gasteiger charge is -2.24. The summed E-state index contributed by atoms with van der Waals surface area (Å²) in [5.41, 5.74) is 3.98. The van der Waals surface area contributed by atoms with E-state index in [0.717, 1.165) is 29.8 Å². The number of hydrogen-bond acceptors (Lipinski definition) is 9. The second-order valence-corrected chi connectivity index (χ2v) is 10.4. The average Bonchev–Trinajstić information content (AvgIpc) is 2.90. The number of nitrogens with one attached hydrogen (secondary N) is 1. The number of benzene rings is 1. The minimum Gasteiger partial charge on any atom is -0.447 e. The van der Waals surface area contributed by atoms with Gasteiger partial charge in [0, 0.05) is 33.3 Å². The van der Waals surface area contributed by atoms with Crippen molar-refractivity contribution in [2.75, 3.05) is 47.0 Å². The fourth-order valence-electron chi connectivity index (χ4n) is 3.78. The molecule has 1 heterocycles. The molecule has 0 aliphatic heterocycles. The van der Waals surface area contributed by atoms with Crippen LogP contribution in [-0.2, 0) is 37.1 Å². The number of aromatic nitrogens is 1. The maximum absolute atomic E-state index is 13.2. The highest BCUT2D eigenvalue weighted by Crippen LogP contribution is 2.28. The Morgan fingerprint density at radius 2 is 1.84 bits per heavy atom. The van der Waals surface area contributed by atoms with Crippen molar-refractivity contribution in [3.8, 4) is 11.6 Å². The number of aryl methyl sites for hydroxylation is 2. The molecule has 0 bridgehead atoms. The molecular weight excluding hydrogens is 504 g/mol. The topological polar surface area (TPSA) is 148 Å². The van der Waals surface area contributed by atoms with E-state index in [0.29, 0.717) is 5.75 Å². The monoisotopic (exact) mass is 536 g/mol. The summed E-state index contributed by atoms with van der Waals surface area (Å²) >= 11 is 0. The Bertz CT molecular complexity index is 1170. The van der Waals surface area contributed by atoms with Gasteiger partial charge in [-0.2, -0.15) is 4.31 Å². The minimum absolute atomic E-state index is 0.0418. The third-order valence-corrected chi connectivity index (χ3v) is 7.67. The fourth-order valence-corrected chi connectivity index (χ4v) is 5.11. The van der Waals surface area contributed by atoms with Crippen LogP contribution in [-0.4, -0.2) is 86.8 Å². The van der Waals surface area contributed by atoms with Crippen molar-refractivity contribution in [2.24, 2.45) is 0 Å². The van der Waals surface area contributed by atoms with Gasteiger partial charge in [0.25, 0.3) is 5.91 Å². The number of sulfonamides is 1. The van der Waals surface area contributed by atoms with Crippen LogP contribution in [0.5, 0.6) is 11.6 Å². The van der Waals surface area contributed by atoms with Gasteiger partial charge in [0.2, 0.25) is 15.9 Å². The van der Waals surface area contributed by atoms with Crippen molar-refractivity contribution < 1.29 is 37.4 Å². The number of amides is 2. The van der Waals surface area contributed by atoms with Crippen molar-refractivity contribution in [3.05, 3.63) is 47.7 Å². The molecule has 37 heavy (non-hydrogen) atoms. The van der Waals surface area contributed by atoms with Gasteiger partial charge < -0.3 is 19.1 Å². The maximum atomic E-state index is 13.2. The zero-order valence-corrected chi connectivity index (χ0v) is 21.7. The summed E-state index contributed by atoms with van der Waals surface area (Å²) in [4.78, 5) is 28.9. The van der Waals surface area contributed by atoms with Gasteiger partial charge in [0.1, 0.15) is 17.3 Å². The Morgan fingerprint density at radius 1 is 1.08 bits per heavy atom. The molecule has 0 fully saturated rings. The molecule has 202 valence electrons. The van der Waals surface area contributed by atoms with E-state index in [2.05, 4.69) is 4.98 Å². The lowest BCUT2D eigenvalue weighted by Crippen LogP contribution is -2.44. The van der Waals surface area contributed by atoms with Crippen molar-refractivity contribution in [1.82, 2.24) is 19.7 Å². The van der Waals surface area contributed by atoms with E-state index in [1.807, 2.05) is 18.2 Å².